The number of carbonyl (C=O) groups is 1. The number of hydrogen-bond donors (Lipinski definition) is 1. The number of nitrogens with one attached hydrogen (secondary N) is 1. The van der Waals surface area contributed by atoms with E-state index in [4.69, 9.17) is 4.42 Å². The number of hydrogen-bond acceptors (Lipinski definition) is 2. The van der Waals surface area contributed by atoms with Crippen LogP contribution in [0.25, 0.3) is 11.0 Å². The lowest BCUT2D eigenvalue weighted by Crippen LogP contribution is -2.22. The number of carbonyl (C=O) groups excluding carboxylic acids is 1. The Labute approximate surface area is 134 Å². The summed E-state index contributed by atoms with van der Waals surface area (Å²) in [5, 5.41) is 3.79. The van der Waals surface area contributed by atoms with Crippen molar-refractivity contribution in [2.45, 2.75) is 6.54 Å². The largest absolute Gasteiger partial charge is 0.464 e. The summed E-state index contributed by atoms with van der Waals surface area (Å²) < 4.78 is 19.3. The molecular formula is C16H11FINO2. The van der Waals surface area contributed by atoms with E-state index in [9.17, 15) is 9.18 Å². The maximum Gasteiger partial charge on any atom is 0.251 e. The smallest absolute Gasteiger partial charge is 0.251 e. The molecule has 0 aliphatic heterocycles. The average molecular weight is 395 g/mol. The zero-order valence-corrected chi connectivity index (χ0v) is 13.1. The molecule has 0 spiro atoms. The van der Waals surface area contributed by atoms with Crippen molar-refractivity contribution in [3.8, 4) is 0 Å². The molecule has 1 aromatic heterocycles. The van der Waals surface area contributed by atoms with E-state index in [1.54, 1.807) is 18.4 Å². The van der Waals surface area contributed by atoms with Crippen LogP contribution in [0.4, 0.5) is 4.39 Å². The second-order valence-corrected chi connectivity index (χ2v) is 5.77. The van der Waals surface area contributed by atoms with E-state index in [1.807, 2.05) is 46.9 Å². The molecule has 5 heteroatoms. The topological polar surface area (TPSA) is 42.2 Å². The Bertz CT molecular complexity index is 813. The number of rotatable bonds is 3. The van der Waals surface area contributed by atoms with Crippen molar-refractivity contribution in [2.24, 2.45) is 0 Å². The quantitative estimate of drug-likeness (QED) is 0.679. The molecule has 21 heavy (non-hydrogen) atoms. The van der Waals surface area contributed by atoms with E-state index in [0.29, 0.717) is 15.7 Å². The summed E-state index contributed by atoms with van der Waals surface area (Å²) in [4.78, 5) is 12.0. The summed E-state index contributed by atoms with van der Waals surface area (Å²) in [7, 11) is 0. The van der Waals surface area contributed by atoms with Crippen molar-refractivity contribution < 1.29 is 13.6 Å². The molecule has 3 aromatic rings. The van der Waals surface area contributed by atoms with Crippen molar-refractivity contribution in [2.75, 3.05) is 0 Å². The SMILES string of the molecule is O=C(NCc1ccc2ccoc2c1)c1ccc(I)c(F)c1. The van der Waals surface area contributed by atoms with Gasteiger partial charge in [-0.3, -0.25) is 4.79 Å². The second-order valence-electron chi connectivity index (χ2n) is 4.60. The Hall–Kier alpha value is -1.89. The van der Waals surface area contributed by atoms with Crippen molar-refractivity contribution in [3.05, 3.63) is 69.2 Å². The third-order valence-corrected chi connectivity index (χ3v) is 4.03. The Morgan fingerprint density at radius 2 is 2.05 bits per heavy atom. The summed E-state index contributed by atoms with van der Waals surface area (Å²) in [6.07, 6.45) is 1.63. The Balaban J connectivity index is 1.71. The van der Waals surface area contributed by atoms with Crippen LogP contribution >= 0.6 is 22.6 Å². The maximum absolute atomic E-state index is 13.4. The lowest BCUT2D eigenvalue weighted by Gasteiger charge is -2.06. The monoisotopic (exact) mass is 395 g/mol. The van der Waals surface area contributed by atoms with Crippen molar-refractivity contribution in [3.63, 3.8) is 0 Å². The third kappa shape index (κ3) is 3.07. The maximum atomic E-state index is 13.4. The number of furan rings is 1. The average Bonchev–Trinajstić information content (AvgIpc) is 2.95. The Morgan fingerprint density at radius 1 is 1.19 bits per heavy atom. The van der Waals surface area contributed by atoms with Gasteiger partial charge < -0.3 is 9.73 Å². The van der Waals surface area contributed by atoms with Gasteiger partial charge in [-0.25, -0.2) is 4.39 Å². The van der Waals surface area contributed by atoms with Crippen LogP contribution < -0.4 is 5.32 Å². The van der Waals surface area contributed by atoms with Crippen LogP contribution in [0.3, 0.4) is 0 Å². The van der Waals surface area contributed by atoms with Crippen LogP contribution in [0.1, 0.15) is 15.9 Å². The van der Waals surface area contributed by atoms with Crippen LogP contribution in [0.2, 0.25) is 0 Å². The zero-order valence-electron chi connectivity index (χ0n) is 10.9. The molecule has 0 aliphatic carbocycles. The number of amides is 1. The van der Waals surface area contributed by atoms with Gasteiger partial charge in [-0.05, 0) is 58.5 Å². The molecule has 0 saturated carbocycles. The van der Waals surface area contributed by atoms with Crippen LogP contribution in [0.5, 0.6) is 0 Å². The molecule has 3 rings (SSSR count). The summed E-state index contributed by atoms with van der Waals surface area (Å²) in [6, 6.07) is 12.1. The molecule has 0 bridgehead atoms. The van der Waals surface area contributed by atoms with Crippen molar-refractivity contribution >= 4 is 39.5 Å². The van der Waals surface area contributed by atoms with E-state index in [-0.39, 0.29) is 11.7 Å². The van der Waals surface area contributed by atoms with Crippen LogP contribution in [0, 0.1) is 9.39 Å². The first-order valence-electron chi connectivity index (χ1n) is 6.33. The molecule has 0 radical (unpaired) electrons. The van der Waals surface area contributed by atoms with Gasteiger partial charge >= 0.3 is 0 Å². The first-order chi connectivity index (χ1) is 10.1. The van der Waals surface area contributed by atoms with Crippen LogP contribution in [-0.4, -0.2) is 5.91 Å². The summed E-state index contributed by atoms with van der Waals surface area (Å²) in [6.45, 7) is 0.364. The first-order valence-corrected chi connectivity index (χ1v) is 7.41. The molecule has 1 amide bonds. The van der Waals surface area contributed by atoms with Gasteiger partial charge in [0.2, 0.25) is 0 Å². The van der Waals surface area contributed by atoms with Gasteiger partial charge in [-0.15, -0.1) is 0 Å². The number of benzene rings is 2. The van der Waals surface area contributed by atoms with Crippen LogP contribution in [0.15, 0.2) is 53.1 Å². The third-order valence-electron chi connectivity index (χ3n) is 3.16. The normalized spacial score (nSPS) is 10.8. The molecular weight excluding hydrogens is 384 g/mol. The predicted octanol–water partition coefficient (Wildman–Crippen LogP) is 4.11. The summed E-state index contributed by atoms with van der Waals surface area (Å²) in [5.74, 6) is -0.690. The molecule has 0 fully saturated rings. The van der Waals surface area contributed by atoms with Gasteiger partial charge in [-0.1, -0.05) is 12.1 Å². The molecule has 1 heterocycles. The lowest BCUT2D eigenvalue weighted by atomic mass is 10.1. The van der Waals surface area contributed by atoms with E-state index >= 15 is 0 Å². The highest BCUT2D eigenvalue weighted by Crippen LogP contribution is 2.17. The molecule has 2 aromatic carbocycles. The van der Waals surface area contributed by atoms with E-state index < -0.39 is 0 Å². The Kier molecular flexibility index (Phi) is 3.92. The van der Waals surface area contributed by atoms with E-state index in [2.05, 4.69) is 5.32 Å². The fourth-order valence-electron chi connectivity index (χ4n) is 2.03. The van der Waals surface area contributed by atoms with Crippen LogP contribution in [-0.2, 0) is 6.54 Å². The zero-order chi connectivity index (χ0) is 14.8. The lowest BCUT2D eigenvalue weighted by molar-refractivity contribution is 0.0950. The fourth-order valence-corrected chi connectivity index (χ4v) is 2.37. The van der Waals surface area contributed by atoms with E-state index in [1.165, 1.54) is 6.07 Å². The molecule has 0 unspecified atom stereocenters. The summed E-state index contributed by atoms with van der Waals surface area (Å²) >= 11 is 1.89. The van der Waals surface area contributed by atoms with E-state index in [0.717, 1.165) is 16.5 Å². The highest BCUT2D eigenvalue weighted by atomic mass is 127. The minimum Gasteiger partial charge on any atom is -0.464 e. The highest BCUT2D eigenvalue weighted by Gasteiger charge is 2.08. The molecule has 1 N–H and O–H groups in total. The van der Waals surface area contributed by atoms with Crippen molar-refractivity contribution in [1.29, 1.82) is 0 Å². The fraction of sp³-hybridized carbons (Fsp3) is 0.0625. The van der Waals surface area contributed by atoms with Gasteiger partial charge in [-0.2, -0.15) is 0 Å². The molecule has 106 valence electrons. The first kappa shape index (κ1) is 14.1. The van der Waals surface area contributed by atoms with Gasteiger partial charge in [0.25, 0.3) is 5.91 Å². The minimum absolute atomic E-state index is 0.301. The van der Waals surface area contributed by atoms with Crippen molar-refractivity contribution in [1.82, 2.24) is 5.32 Å². The van der Waals surface area contributed by atoms with Gasteiger partial charge in [0.15, 0.2) is 0 Å². The standard InChI is InChI=1S/C16H11FINO2/c17-13-8-12(3-4-14(13)18)16(20)19-9-10-1-2-11-5-6-21-15(11)7-10/h1-8H,9H2,(H,19,20). The van der Waals surface area contributed by atoms with Gasteiger partial charge in [0.1, 0.15) is 11.4 Å². The second kappa shape index (κ2) is 5.85. The number of halogens is 2. The number of fused-ring (bicyclic) bond motifs is 1. The summed E-state index contributed by atoms with van der Waals surface area (Å²) in [5.41, 5.74) is 2.02. The van der Waals surface area contributed by atoms with Gasteiger partial charge in [0.05, 0.1) is 6.26 Å². The molecule has 0 saturated heterocycles. The minimum atomic E-state index is -0.389. The highest BCUT2D eigenvalue weighted by molar-refractivity contribution is 14.1. The molecule has 3 nitrogen and oxygen atoms in total. The molecule has 0 aliphatic rings. The van der Waals surface area contributed by atoms with Gasteiger partial charge in [0, 0.05) is 21.1 Å². The Morgan fingerprint density at radius 3 is 2.86 bits per heavy atom. The predicted molar refractivity (Wildman–Crippen MR) is 86.5 cm³/mol. The molecule has 0 atom stereocenters.